The Balaban J connectivity index is 1.72. The highest BCUT2D eigenvalue weighted by atomic mass is 15.2. The van der Waals surface area contributed by atoms with Gasteiger partial charge in [0.25, 0.3) is 0 Å². The topological polar surface area (TPSA) is 15.3 Å². The lowest BCUT2D eigenvalue weighted by molar-refractivity contribution is 0.244. The lowest BCUT2D eigenvalue weighted by Gasteiger charge is -2.27. The molecule has 21 heavy (non-hydrogen) atoms. The highest BCUT2D eigenvalue weighted by Crippen LogP contribution is 2.24. The molecular weight excluding hydrogens is 256 g/mol. The summed E-state index contributed by atoms with van der Waals surface area (Å²) in [6.45, 7) is 7.97. The van der Waals surface area contributed by atoms with E-state index in [2.05, 4.69) is 65.7 Å². The van der Waals surface area contributed by atoms with Gasteiger partial charge in [0.1, 0.15) is 0 Å². The van der Waals surface area contributed by atoms with Crippen molar-refractivity contribution in [3.8, 4) is 11.1 Å². The van der Waals surface area contributed by atoms with Crippen LogP contribution in [0, 0.1) is 6.92 Å². The Labute approximate surface area is 127 Å². The quantitative estimate of drug-likeness (QED) is 0.926. The van der Waals surface area contributed by atoms with E-state index in [4.69, 9.17) is 0 Å². The van der Waals surface area contributed by atoms with Gasteiger partial charge in [-0.3, -0.25) is 0 Å². The minimum absolute atomic E-state index is 1.13. The molecular formula is C19H24N2. The second kappa shape index (κ2) is 6.88. The van der Waals surface area contributed by atoms with Crippen LogP contribution in [0.15, 0.2) is 48.5 Å². The van der Waals surface area contributed by atoms with Gasteiger partial charge in [0.2, 0.25) is 0 Å². The van der Waals surface area contributed by atoms with Crippen molar-refractivity contribution < 1.29 is 0 Å². The van der Waals surface area contributed by atoms with E-state index in [1.54, 1.807) is 0 Å². The first-order chi connectivity index (χ1) is 10.3. The van der Waals surface area contributed by atoms with Gasteiger partial charge in [-0.2, -0.15) is 0 Å². The molecule has 0 amide bonds. The fourth-order valence-corrected chi connectivity index (χ4v) is 2.98. The van der Waals surface area contributed by atoms with Gasteiger partial charge >= 0.3 is 0 Å². The van der Waals surface area contributed by atoms with Crippen LogP contribution in [0.5, 0.6) is 0 Å². The van der Waals surface area contributed by atoms with Gasteiger partial charge in [-0.05, 0) is 35.6 Å². The first-order valence-electron chi connectivity index (χ1n) is 7.91. The predicted octanol–water partition coefficient (Wildman–Crippen LogP) is 3.11. The summed E-state index contributed by atoms with van der Waals surface area (Å²) in [5.41, 5.74) is 5.48. The zero-order valence-electron chi connectivity index (χ0n) is 12.8. The van der Waals surface area contributed by atoms with Gasteiger partial charge in [0, 0.05) is 32.7 Å². The molecule has 0 radical (unpaired) electrons. The molecule has 3 rings (SSSR count). The van der Waals surface area contributed by atoms with Gasteiger partial charge in [0.05, 0.1) is 0 Å². The maximum atomic E-state index is 3.41. The predicted molar refractivity (Wildman–Crippen MR) is 89.6 cm³/mol. The van der Waals surface area contributed by atoms with Crippen molar-refractivity contribution in [2.75, 3.05) is 32.7 Å². The van der Waals surface area contributed by atoms with Crippen LogP contribution >= 0.6 is 0 Å². The van der Waals surface area contributed by atoms with Gasteiger partial charge in [-0.25, -0.2) is 0 Å². The van der Waals surface area contributed by atoms with Gasteiger partial charge < -0.3 is 10.2 Å². The van der Waals surface area contributed by atoms with Crippen LogP contribution in [0.4, 0.5) is 0 Å². The maximum Gasteiger partial charge on any atom is 0.0108 e. The molecule has 2 aromatic rings. The minimum atomic E-state index is 1.13. The molecule has 0 atom stereocenters. The number of nitrogens with one attached hydrogen (secondary N) is 1. The third-order valence-electron chi connectivity index (χ3n) is 4.31. The lowest BCUT2D eigenvalue weighted by atomic mass is 9.97. The molecule has 1 aliphatic rings. The first-order valence-corrected chi connectivity index (χ1v) is 7.91. The van der Waals surface area contributed by atoms with Crippen LogP contribution in [0.25, 0.3) is 11.1 Å². The van der Waals surface area contributed by atoms with Crippen LogP contribution in [-0.2, 0) is 6.42 Å². The van der Waals surface area contributed by atoms with Crippen LogP contribution in [-0.4, -0.2) is 37.6 Å². The molecule has 2 nitrogen and oxygen atoms in total. The molecule has 0 spiro atoms. The smallest absolute Gasteiger partial charge is 0.0108 e. The van der Waals surface area contributed by atoms with Crippen molar-refractivity contribution in [2.24, 2.45) is 0 Å². The molecule has 2 heteroatoms. The Kier molecular flexibility index (Phi) is 4.69. The number of nitrogens with zero attached hydrogens (tertiary/aromatic N) is 1. The lowest BCUT2D eigenvalue weighted by Crippen LogP contribution is -2.44. The van der Waals surface area contributed by atoms with Crippen molar-refractivity contribution in [3.05, 3.63) is 59.7 Å². The molecule has 1 fully saturated rings. The molecule has 0 bridgehead atoms. The van der Waals surface area contributed by atoms with Crippen molar-refractivity contribution in [1.29, 1.82) is 0 Å². The van der Waals surface area contributed by atoms with Crippen molar-refractivity contribution in [2.45, 2.75) is 13.3 Å². The zero-order chi connectivity index (χ0) is 14.5. The maximum absolute atomic E-state index is 3.41. The number of rotatable bonds is 4. The second-order valence-corrected chi connectivity index (χ2v) is 5.86. The summed E-state index contributed by atoms with van der Waals surface area (Å²) in [5.74, 6) is 0. The Morgan fingerprint density at radius 2 is 1.76 bits per heavy atom. The molecule has 0 saturated carbocycles. The third kappa shape index (κ3) is 3.72. The highest BCUT2D eigenvalue weighted by Gasteiger charge is 2.09. The summed E-state index contributed by atoms with van der Waals surface area (Å²) >= 11 is 0. The van der Waals surface area contributed by atoms with E-state index in [1.165, 1.54) is 41.9 Å². The molecule has 2 aromatic carbocycles. The van der Waals surface area contributed by atoms with Gasteiger partial charge in [0.15, 0.2) is 0 Å². The Morgan fingerprint density at radius 3 is 2.52 bits per heavy atom. The number of hydrogen-bond acceptors (Lipinski definition) is 2. The molecule has 1 saturated heterocycles. The van der Waals surface area contributed by atoms with E-state index in [0.29, 0.717) is 0 Å². The van der Waals surface area contributed by atoms with E-state index < -0.39 is 0 Å². The Hall–Kier alpha value is -1.64. The van der Waals surface area contributed by atoms with Crippen LogP contribution in [0.3, 0.4) is 0 Å². The van der Waals surface area contributed by atoms with Gasteiger partial charge in [-0.1, -0.05) is 48.5 Å². The van der Waals surface area contributed by atoms with E-state index in [-0.39, 0.29) is 0 Å². The average molecular weight is 280 g/mol. The van der Waals surface area contributed by atoms with E-state index in [1.807, 2.05) is 0 Å². The molecule has 110 valence electrons. The largest absolute Gasteiger partial charge is 0.314 e. The van der Waals surface area contributed by atoms with E-state index in [0.717, 1.165) is 19.5 Å². The summed E-state index contributed by atoms with van der Waals surface area (Å²) < 4.78 is 0. The summed E-state index contributed by atoms with van der Waals surface area (Å²) in [6, 6.07) is 17.6. The van der Waals surface area contributed by atoms with Crippen molar-refractivity contribution >= 4 is 0 Å². The standard InChI is InChI=1S/C19H24N2/c1-16-7-8-17(9-12-21-13-10-20-11-14-21)15-19(16)18-5-3-2-4-6-18/h2-8,15,20H,9-14H2,1H3. The number of benzene rings is 2. The molecule has 0 unspecified atom stereocenters. The Bertz CT molecular complexity index is 571. The van der Waals surface area contributed by atoms with Gasteiger partial charge in [-0.15, -0.1) is 0 Å². The number of aryl methyl sites for hydroxylation is 1. The zero-order valence-corrected chi connectivity index (χ0v) is 12.8. The second-order valence-electron chi connectivity index (χ2n) is 5.86. The first kappa shape index (κ1) is 14.3. The fraction of sp³-hybridized carbons (Fsp3) is 0.368. The summed E-state index contributed by atoms with van der Waals surface area (Å²) in [6.07, 6.45) is 1.14. The molecule has 1 N–H and O–H groups in total. The molecule has 1 aliphatic heterocycles. The molecule has 0 aliphatic carbocycles. The summed E-state index contributed by atoms with van der Waals surface area (Å²) in [7, 11) is 0. The highest BCUT2D eigenvalue weighted by molar-refractivity contribution is 5.67. The van der Waals surface area contributed by atoms with Crippen LogP contribution in [0.2, 0.25) is 0 Å². The van der Waals surface area contributed by atoms with E-state index >= 15 is 0 Å². The minimum Gasteiger partial charge on any atom is -0.314 e. The van der Waals surface area contributed by atoms with Crippen molar-refractivity contribution in [1.82, 2.24) is 10.2 Å². The van der Waals surface area contributed by atoms with Crippen LogP contribution < -0.4 is 5.32 Å². The normalized spacial score (nSPS) is 16.0. The Morgan fingerprint density at radius 1 is 1.00 bits per heavy atom. The SMILES string of the molecule is Cc1ccc(CCN2CCNCC2)cc1-c1ccccc1. The summed E-state index contributed by atoms with van der Waals surface area (Å²) in [4.78, 5) is 2.55. The fourth-order valence-electron chi connectivity index (χ4n) is 2.98. The number of hydrogen-bond donors (Lipinski definition) is 1. The molecule has 1 heterocycles. The van der Waals surface area contributed by atoms with E-state index in [9.17, 15) is 0 Å². The van der Waals surface area contributed by atoms with Crippen molar-refractivity contribution in [3.63, 3.8) is 0 Å². The number of piperazine rings is 1. The average Bonchev–Trinajstić information content (AvgIpc) is 2.56. The third-order valence-corrected chi connectivity index (χ3v) is 4.31. The molecule has 0 aromatic heterocycles. The van der Waals surface area contributed by atoms with Crippen LogP contribution in [0.1, 0.15) is 11.1 Å². The summed E-state index contributed by atoms with van der Waals surface area (Å²) in [5, 5.41) is 3.41. The monoisotopic (exact) mass is 280 g/mol.